The van der Waals surface area contributed by atoms with Gasteiger partial charge in [-0.05, 0) is 42.7 Å². The molecule has 1 aliphatic heterocycles. The molecular weight excluding hydrogens is 327 g/mol. The van der Waals surface area contributed by atoms with Gasteiger partial charge in [0.1, 0.15) is 18.5 Å². The Labute approximate surface area is 153 Å². The second-order valence-corrected chi connectivity index (χ2v) is 6.81. The Kier molecular flexibility index (Phi) is 4.37. The smallest absolute Gasteiger partial charge is 0.172 e. The van der Waals surface area contributed by atoms with Crippen molar-refractivity contribution in [3.63, 3.8) is 0 Å². The van der Waals surface area contributed by atoms with Crippen LogP contribution in [0, 0.1) is 19.7 Å². The molecule has 3 aromatic rings. The molecule has 0 N–H and O–H groups in total. The van der Waals surface area contributed by atoms with Crippen molar-refractivity contribution in [3.8, 4) is 22.6 Å². The van der Waals surface area contributed by atoms with Crippen LogP contribution >= 0.6 is 0 Å². The van der Waals surface area contributed by atoms with E-state index in [0.717, 1.165) is 17.5 Å². The van der Waals surface area contributed by atoms with E-state index < -0.39 is 0 Å². The second kappa shape index (κ2) is 6.83. The second-order valence-electron chi connectivity index (χ2n) is 6.81. The van der Waals surface area contributed by atoms with Gasteiger partial charge < -0.3 is 9.47 Å². The Bertz CT molecular complexity index is 931. The first-order valence-corrected chi connectivity index (χ1v) is 8.85. The molecule has 132 valence electrons. The average Bonchev–Trinajstić information content (AvgIpc) is 2.64. The molecule has 0 aliphatic carbocycles. The van der Waals surface area contributed by atoms with Crippen molar-refractivity contribution in [2.75, 3.05) is 6.61 Å². The van der Waals surface area contributed by atoms with Crippen molar-refractivity contribution in [2.45, 2.75) is 26.4 Å². The fourth-order valence-corrected chi connectivity index (χ4v) is 3.35. The van der Waals surface area contributed by atoms with Crippen LogP contribution in [0.25, 0.3) is 11.1 Å². The summed E-state index contributed by atoms with van der Waals surface area (Å²) in [5, 5.41) is 0. The Balaban J connectivity index is 1.68. The lowest BCUT2D eigenvalue weighted by atomic mass is 9.98. The third-order valence-corrected chi connectivity index (χ3v) is 4.78. The highest BCUT2D eigenvalue weighted by Gasteiger charge is 2.27. The maximum absolute atomic E-state index is 14.7. The topological polar surface area (TPSA) is 18.5 Å². The standard InChI is InChI=1S/C23H21FO2/c1-15-7-9-17(10-8-15)13-18-14-25-21-12-11-20(24)22(23(21)26-18)19-6-4-3-5-16(19)2/h3-12,18H,13-14H2,1-2H3/t18-/m1/s1. The summed E-state index contributed by atoms with van der Waals surface area (Å²) in [6.45, 7) is 4.50. The molecule has 1 atom stereocenters. The van der Waals surface area contributed by atoms with Gasteiger partial charge in [-0.2, -0.15) is 0 Å². The lowest BCUT2D eigenvalue weighted by molar-refractivity contribution is 0.0915. The molecule has 2 nitrogen and oxygen atoms in total. The van der Waals surface area contributed by atoms with Gasteiger partial charge in [-0.25, -0.2) is 4.39 Å². The molecule has 26 heavy (non-hydrogen) atoms. The van der Waals surface area contributed by atoms with Gasteiger partial charge in [0.15, 0.2) is 11.5 Å². The minimum Gasteiger partial charge on any atom is -0.486 e. The van der Waals surface area contributed by atoms with E-state index in [-0.39, 0.29) is 11.9 Å². The van der Waals surface area contributed by atoms with Crippen LogP contribution in [0.2, 0.25) is 0 Å². The summed E-state index contributed by atoms with van der Waals surface area (Å²) in [7, 11) is 0. The molecule has 1 heterocycles. The summed E-state index contributed by atoms with van der Waals surface area (Å²) in [6.07, 6.45) is 0.582. The summed E-state index contributed by atoms with van der Waals surface area (Å²) in [4.78, 5) is 0. The lowest BCUT2D eigenvalue weighted by Crippen LogP contribution is -2.31. The normalized spacial score (nSPS) is 15.7. The average molecular weight is 348 g/mol. The number of ether oxygens (including phenoxy) is 2. The molecule has 0 aromatic heterocycles. The first kappa shape index (κ1) is 16.6. The van der Waals surface area contributed by atoms with Crippen molar-refractivity contribution >= 4 is 0 Å². The van der Waals surface area contributed by atoms with Gasteiger partial charge in [0.25, 0.3) is 0 Å². The molecule has 0 amide bonds. The van der Waals surface area contributed by atoms with E-state index in [1.54, 1.807) is 6.07 Å². The van der Waals surface area contributed by atoms with Crippen LogP contribution < -0.4 is 9.47 Å². The third kappa shape index (κ3) is 3.17. The van der Waals surface area contributed by atoms with Crippen LogP contribution in [0.15, 0.2) is 60.7 Å². The van der Waals surface area contributed by atoms with Crippen LogP contribution in [0.5, 0.6) is 11.5 Å². The number of halogens is 1. The molecule has 0 bridgehead atoms. The number of benzene rings is 3. The van der Waals surface area contributed by atoms with Crippen LogP contribution in [0.1, 0.15) is 16.7 Å². The maximum atomic E-state index is 14.7. The van der Waals surface area contributed by atoms with E-state index in [1.807, 2.05) is 31.2 Å². The van der Waals surface area contributed by atoms with E-state index in [0.29, 0.717) is 23.7 Å². The van der Waals surface area contributed by atoms with Crippen molar-refractivity contribution in [3.05, 3.63) is 83.2 Å². The number of aryl methyl sites for hydroxylation is 2. The number of fused-ring (bicyclic) bond motifs is 1. The van der Waals surface area contributed by atoms with Crippen LogP contribution in [0.4, 0.5) is 4.39 Å². The molecule has 3 heteroatoms. The van der Waals surface area contributed by atoms with E-state index in [9.17, 15) is 4.39 Å². The number of rotatable bonds is 3. The van der Waals surface area contributed by atoms with Crippen molar-refractivity contribution in [1.29, 1.82) is 0 Å². The molecule has 0 radical (unpaired) electrons. The molecule has 0 unspecified atom stereocenters. The fraction of sp³-hybridized carbons (Fsp3) is 0.217. The highest BCUT2D eigenvalue weighted by atomic mass is 19.1. The monoisotopic (exact) mass is 348 g/mol. The predicted octanol–water partition coefficient (Wildman–Crippen LogP) is 5.49. The molecule has 3 aromatic carbocycles. The van der Waals surface area contributed by atoms with Gasteiger partial charge >= 0.3 is 0 Å². The third-order valence-electron chi connectivity index (χ3n) is 4.78. The van der Waals surface area contributed by atoms with E-state index in [2.05, 4.69) is 31.2 Å². The van der Waals surface area contributed by atoms with Crippen LogP contribution in [-0.2, 0) is 6.42 Å². The minimum absolute atomic E-state index is 0.144. The largest absolute Gasteiger partial charge is 0.486 e. The van der Waals surface area contributed by atoms with Crippen molar-refractivity contribution in [2.24, 2.45) is 0 Å². The summed E-state index contributed by atoms with van der Waals surface area (Å²) in [6, 6.07) is 19.2. The molecule has 0 spiro atoms. The zero-order valence-electron chi connectivity index (χ0n) is 15.0. The summed E-state index contributed by atoms with van der Waals surface area (Å²) in [5.74, 6) is 0.810. The summed E-state index contributed by atoms with van der Waals surface area (Å²) in [5.41, 5.74) is 4.73. The minimum atomic E-state index is -0.294. The van der Waals surface area contributed by atoms with E-state index >= 15 is 0 Å². The zero-order valence-corrected chi connectivity index (χ0v) is 15.0. The first-order chi connectivity index (χ1) is 12.6. The number of hydrogen-bond donors (Lipinski definition) is 0. The van der Waals surface area contributed by atoms with Crippen molar-refractivity contribution in [1.82, 2.24) is 0 Å². The Morgan fingerprint density at radius 3 is 2.50 bits per heavy atom. The van der Waals surface area contributed by atoms with Gasteiger partial charge in [-0.15, -0.1) is 0 Å². The van der Waals surface area contributed by atoms with Crippen LogP contribution in [-0.4, -0.2) is 12.7 Å². The summed E-state index contributed by atoms with van der Waals surface area (Å²) < 4.78 is 26.8. The maximum Gasteiger partial charge on any atom is 0.172 e. The van der Waals surface area contributed by atoms with Gasteiger partial charge in [0, 0.05) is 6.42 Å². The molecule has 0 saturated carbocycles. The molecular formula is C23H21FO2. The van der Waals surface area contributed by atoms with E-state index in [1.165, 1.54) is 17.2 Å². The molecule has 1 aliphatic rings. The Hall–Kier alpha value is -2.81. The highest BCUT2D eigenvalue weighted by molar-refractivity contribution is 5.77. The Morgan fingerprint density at radius 1 is 0.962 bits per heavy atom. The first-order valence-electron chi connectivity index (χ1n) is 8.85. The fourth-order valence-electron chi connectivity index (χ4n) is 3.35. The van der Waals surface area contributed by atoms with E-state index in [4.69, 9.17) is 9.47 Å². The molecule has 0 saturated heterocycles. The Morgan fingerprint density at radius 2 is 1.73 bits per heavy atom. The summed E-state index contributed by atoms with van der Waals surface area (Å²) >= 11 is 0. The van der Waals surface area contributed by atoms with Gasteiger partial charge in [-0.3, -0.25) is 0 Å². The van der Waals surface area contributed by atoms with Gasteiger partial charge in [0.2, 0.25) is 0 Å². The highest BCUT2D eigenvalue weighted by Crippen LogP contribution is 2.43. The molecule has 4 rings (SSSR count). The van der Waals surface area contributed by atoms with Crippen molar-refractivity contribution < 1.29 is 13.9 Å². The predicted molar refractivity (Wildman–Crippen MR) is 101 cm³/mol. The van der Waals surface area contributed by atoms with Crippen LogP contribution in [0.3, 0.4) is 0 Å². The van der Waals surface area contributed by atoms with Gasteiger partial charge in [0.05, 0.1) is 5.56 Å². The molecule has 0 fully saturated rings. The zero-order chi connectivity index (χ0) is 18.1. The lowest BCUT2D eigenvalue weighted by Gasteiger charge is -2.29. The quantitative estimate of drug-likeness (QED) is 0.623. The van der Waals surface area contributed by atoms with Gasteiger partial charge in [-0.1, -0.05) is 54.1 Å². The SMILES string of the molecule is Cc1ccc(C[C@@H]2COc3ccc(F)c(-c4ccccc4C)c3O2)cc1. The number of hydrogen-bond acceptors (Lipinski definition) is 2.